The second-order valence-corrected chi connectivity index (χ2v) is 5.70. The fourth-order valence-electron chi connectivity index (χ4n) is 2.47. The van der Waals surface area contributed by atoms with Crippen LogP contribution in [0.4, 0.5) is 14.9 Å². The minimum absolute atomic E-state index is 0.114. The SMILES string of the molecule is COc1cc(C)c(NC(=O)NC(C)c2ncnn2-c2ncccn2)cc1F. The molecule has 2 heterocycles. The number of nitrogens with one attached hydrogen (secondary N) is 2. The summed E-state index contributed by atoms with van der Waals surface area (Å²) in [6.45, 7) is 3.48. The van der Waals surface area contributed by atoms with Gasteiger partial charge in [0.15, 0.2) is 17.4 Å². The highest BCUT2D eigenvalue weighted by molar-refractivity contribution is 5.90. The van der Waals surface area contributed by atoms with Crippen LogP contribution in [0.15, 0.2) is 36.9 Å². The third kappa shape index (κ3) is 4.00. The molecule has 9 nitrogen and oxygen atoms in total. The molecule has 140 valence electrons. The lowest BCUT2D eigenvalue weighted by Crippen LogP contribution is -2.33. The van der Waals surface area contributed by atoms with E-state index in [4.69, 9.17) is 4.74 Å². The second-order valence-electron chi connectivity index (χ2n) is 5.70. The number of hydrogen-bond donors (Lipinski definition) is 2. The van der Waals surface area contributed by atoms with Gasteiger partial charge in [0, 0.05) is 24.1 Å². The third-order valence-corrected chi connectivity index (χ3v) is 3.80. The van der Waals surface area contributed by atoms with E-state index in [1.54, 1.807) is 32.3 Å². The van der Waals surface area contributed by atoms with E-state index >= 15 is 0 Å². The molecule has 0 spiro atoms. The minimum Gasteiger partial charge on any atom is -0.494 e. The van der Waals surface area contributed by atoms with Crippen molar-refractivity contribution in [3.63, 3.8) is 0 Å². The summed E-state index contributed by atoms with van der Waals surface area (Å²) in [7, 11) is 1.38. The van der Waals surface area contributed by atoms with Crippen LogP contribution in [0.25, 0.3) is 5.95 Å². The standard InChI is InChI=1S/C17H18FN7O2/c1-10-7-14(27-3)12(18)8-13(10)24-17(26)23-11(2)15-21-9-22-25(15)16-19-5-4-6-20-16/h4-9,11H,1-3H3,(H2,23,24,26). The average molecular weight is 371 g/mol. The predicted octanol–water partition coefficient (Wildman–Crippen LogP) is 2.40. The summed E-state index contributed by atoms with van der Waals surface area (Å²) in [6.07, 6.45) is 4.52. The Balaban J connectivity index is 1.72. The molecule has 0 aliphatic carbocycles. The molecule has 1 aromatic carbocycles. The van der Waals surface area contributed by atoms with Gasteiger partial charge in [-0.3, -0.25) is 0 Å². The number of methoxy groups -OCH3 is 1. The van der Waals surface area contributed by atoms with Gasteiger partial charge in [0.2, 0.25) is 0 Å². The molecular weight excluding hydrogens is 353 g/mol. The summed E-state index contributed by atoms with van der Waals surface area (Å²) in [6, 6.07) is 3.39. The van der Waals surface area contributed by atoms with Crippen LogP contribution in [0.1, 0.15) is 24.4 Å². The summed E-state index contributed by atoms with van der Waals surface area (Å²) in [5.74, 6) is 0.344. The molecule has 2 N–H and O–H groups in total. The second kappa shape index (κ2) is 7.77. The molecule has 0 saturated heterocycles. The summed E-state index contributed by atoms with van der Waals surface area (Å²) >= 11 is 0. The van der Waals surface area contributed by atoms with Gasteiger partial charge in [0.25, 0.3) is 5.95 Å². The Bertz CT molecular complexity index is 946. The smallest absolute Gasteiger partial charge is 0.319 e. The van der Waals surface area contributed by atoms with Gasteiger partial charge in [0.1, 0.15) is 6.33 Å². The van der Waals surface area contributed by atoms with E-state index in [1.165, 1.54) is 30.3 Å². The van der Waals surface area contributed by atoms with Crippen molar-refractivity contribution >= 4 is 11.7 Å². The topological polar surface area (TPSA) is 107 Å². The Morgan fingerprint density at radius 3 is 2.70 bits per heavy atom. The predicted molar refractivity (Wildman–Crippen MR) is 95.2 cm³/mol. The number of hydrogen-bond acceptors (Lipinski definition) is 6. The Morgan fingerprint density at radius 2 is 2.00 bits per heavy atom. The van der Waals surface area contributed by atoms with Crippen molar-refractivity contribution in [3.05, 3.63) is 54.1 Å². The number of ether oxygens (including phenoxy) is 1. The number of aryl methyl sites for hydroxylation is 1. The zero-order valence-corrected chi connectivity index (χ0v) is 15.0. The van der Waals surface area contributed by atoms with Gasteiger partial charge in [-0.15, -0.1) is 0 Å². The maximum absolute atomic E-state index is 13.9. The normalized spacial score (nSPS) is 11.7. The number of carbonyl (C=O) groups is 1. The van der Waals surface area contributed by atoms with Gasteiger partial charge in [-0.1, -0.05) is 0 Å². The number of anilines is 1. The molecule has 3 aromatic rings. The number of aromatic nitrogens is 5. The molecule has 0 fully saturated rings. The van der Waals surface area contributed by atoms with E-state index in [1.807, 2.05) is 0 Å². The molecule has 0 bridgehead atoms. The van der Waals surface area contributed by atoms with Crippen LogP contribution < -0.4 is 15.4 Å². The fourth-order valence-corrected chi connectivity index (χ4v) is 2.47. The maximum Gasteiger partial charge on any atom is 0.319 e. The lowest BCUT2D eigenvalue weighted by Gasteiger charge is -2.16. The molecule has 10 heteroatoms. The Kier molecular flexibility index (Phi) is 5.25. The van der Waals surface area contributed by atoms with Crippen molar-refractivity contribution in [3.8, 4) is 11.7 Å². The molecule has 1 unspecified atom stereocenters. The van der Waals surface area contributed by atoms with Crippen LogP contribution >= 0.6 is 0 Å². The van der Waals surface area contributed by atoms with Crippen molar-refractivity contribution in [2.45, 2.75) is 19.9 Å². The summed E-state index contributed by atoms with van der Waals surface area (Å²) in [5, 5.41) is 9.44. The Labute approximate surface area is 154 Å². The van der Waals surface area contributed by atoms with Crippen LogP contribution in [0, 0.1) is 12.7 Å². The van der Waals surface area contributed by atoms with Gasteiger partial charge >= 0.3 is 6.03 Å². The minimum atomic E-state index is -0.563. The number of nitrogens with zero attached hydrogens (tertiary/aromatic N) is 5. The molecule has 27 heavy (non-hydrogen) atoms. The summed E-state index contributed by atoms with van der Waals surface area (Å²) in [4.78, 5) is 24.7. The Hall–Kier alpha value is -3.56. The van der Waals surface area contributed by atoms with Gasteiger partial charge < -0.3 is 15.4 Å². The highest BCUT2D eigenvalue weighted by atomic mass is 19.1. The quantitative estimate of drug-likeness (QED) is 0.713. The van der Waals surface area contributed by atoms with Crippen molar-refractivity contribution in [1.82, 2.24) is 30.0 Å². The maximum atomic E-state index is 13.9. The first-order chi connectivity index (χ1) is 13.0. The molecule has 2 aromatic heterocycles. The first-order valence-corrected chi connectivity index (χ1v) is 8.08. The van der Waals surface area contributed by atoms with Gasteiger partial charge in [-0.25, -0.2) is 24.1 Å². The van der Waals surface area contributed by atoms with Crippen LogP contribution in [-0.4, -0.2) is 37.9 Å². The number of rotatable bonds is 5. The van der Waals surface area contributed by atoms with Crippen LogP contribution in [0.2, 0.25) is 0 Å². The van der Waals surface area contributed by atoms with Crippen molar-refractivity contribution in [2.75, 3.05) is 12.4 Å². The van der Waals surface area contributed by atoms with Gasteiger partial charge in [-0.2, -0.15) is 9.78 Å². The highest BCUT2D eigenvalue weighted by Crippen LogP contribution is 2.25. The summed E-state index contributed by atoms with van der Waals surface area (Å²) < 4.78 is 20.2. The average Bonchev–Trinajstić information content (AvgIpc) is 3.15. The number of halogens is 1. The molecule has 0 saturated carbocycles. The van der Waals surface area contributed by atoms with E-state index in [-0.39, 0.29) is 5.75 Å². The van der Waals surface area contributed by atoms with E-state index in [2.05, 4.69) is 30.7 Å². The number of benzene rings is 1. The lowest BCUT2D eigenvalue weighted by atomic mass is 10.2. The number of amides is 2. The fraction of sp³-hybridized carbons (Fsp3) is 0.235. The number of carbonyl (C=O) groups excluding carboxylic acids is 1. The van der Waals surface area contributed by atoms with Crippen molar-refractivity contribution in [2.24, 2.45) is 0 Å². The molecule has 0 radical (unpaired) electrons. The van der Waals surface area contributed by atoms with E-state index < -0.39 is 17.9 Å². The van der Waals surface area contributed by atoms with Crippen molar-refractivity contribution in [1.29, 1.82) is 0 Å². The Morgan fingerprint density at radius 1 is 1.26 bits per heavy atom. The van der Waals surface area contributed by atoms with Gasteiger partial charge in [0.05, 0.1) is 13.2 Å². The van der Waals surface area contributed by atoms with Crippen LogP contribution in [-0.2, 0) is 0 Å². The third-order valence-electron chi connectivity index (χ3n) is 3.80. The zero-order chi connectivity index (χ0) is 19.4. The first kappa shape index (κ1) is 18.2. The van der Waals surface area contributed by atoms with E-state index in [0.29, 0.717) is 23.0 Å². The first-order valence-electron chi connectivity index (χ1n) is 8.08. The van der Waals surface area contributed by atoms with Gasteiger partial charge in [-0.05, 0) is 31.5 Å². The molecule has 0 aliphatic heterocycles. The van der Waals surface area contributed by atoms with E-state index in [0.717, 1.165) is 0 Å². The molecule has 2 amide bonds. The molecule has 3 rings (SSSR count). The largest absolute Gasteiger partial charge is 0.494 e. The molecule has 1 atom stereocenters. The van der Waals surface area contributed by atoms with Crippen LogP contribution in [0.5, 0.6) is 5.75 Å². The molecule has 0 aliphatic rings. The highest BCUT2D eigenvalue weighted by Gasteiger charge is 2.18. The zero-order valence-electron chi connectivity index (χ0n) is 15.0. The monoisotopic (exact) mass is 371 g/mol. The van der Waals surface area contributed by atoms with Crippen molar-refractivity contribution < 1.29 is 13.9 Å². The summed E-state index contributed by atoms with van der Waals surface area (Å²) in [5.41, 5.74) is 1.00. The number of urea groups is 1. The van der Waals surface area contributed by atoms with E-state index in [9.17, 15) is 9.18 Å². The van der Waals surface area contributed by atoms with Crippen LogP contribution in [0.3, 0.4) is 0 Å². The lowest BCUT2D eigenvalue weighted by molar-refractivity contribution is 0.248. The molecular formula is C17H18FN7O2.